The van der Waals surface area contributed by atoms with Crippen molar-refractivity contribution in [3.05, 3.63) is 17.3 Å². The Hall–Kier alpha value is -1.52. The van der Waals surface area contributed by atoms with Crippen molar-refractivity contribution < 1.29 is 0 Å². The van der Waals surface area contributed by atoms with Crippen LogP contribution in [-0.2, 0) is 0 Å². The summed E-state index contributed by atoms with van der Waals surface area (Å²) in [5, 5.41) is 15.4. The van der Waals surface area contributed by atoms with Gasteiger partial charge in [0.05, 0.1) is 5.69 Å². The van der Waals surface area contributed by atoms with Crippen LogP contribution < -0.4 is 0 Å². The van der Waals surface area contributed by atoms with Crippen LogP contribution in [0.15, 0.2) is 6.07 Å². The standard InChI is InChI=1S/C8H11N5/c1-5(2)8-6(3)4-7-9-11-12-13(7)10-8/h4-5H,1-3H3. The zero-order valence-electron chi connectivity index (χ0n) is 7.89. The quantitative estimate of drug-likeness (QED) is 0.650. The lowest BCUT2D eigenvalue weighted by atomic mass is 10.1. The van der Waals surface area contributed by atoms with Gasteiger partial charge in [-0.05, 0) is 34.9 Å². The number of aryl methyl sites for hydroxylation is 1. The van der Waals surface area contributed by atoms with Gasteiger partial charge in [0, 0.05) is 0 Å². The lowest BCUT2D eigenvalue weighted by molar-refractivity contribution is 0.678. The molecule has 0 spiro atoms. The van der Waals surface area contributed by atoms with Crippen molar-refractivity contribution in [2.45, 2.75) is 26.7 Å². The first-order valence-electron chi connectivity index (χ1n) is 4.24. The van der Waals surface area contributed by atoms with Gasteiger partial charge < -0.3 is 0 Å². The number of tetrazole rings is 1. The Bertz CT molecular complexity index is 431. The van der Waals surface area contributed by atoms with Crippen LogP contribution in [-0.4, -0.2) is 25.3 Å². The highest BCUT2D eigenvalue weighted by Crippen LogP contribution is 2.15. The highest BCUT2D eigenvalue weighted by molar-refractivity contribution is 5.38. The lowest BCUT2D eigenvalue weighted by Gasteiger charge is -2.06. The monoisotopic (exact) mass is 177 g/mol. The predicted molar refractivity (Wildman–Crippen MR) is 47.4 cm³/mol. The molecular formula is C8H11N5. The smallest absolute Gasteiger partial charge is 0.151 e. The molecule has 5 heteroatoms. The number of nitrogens with zero attached hydrogens (tertiary/aromatic N) is 5. The molecule has 2 aromatic heterocycles. The summed E-state index contributed by atoms with van der Waals surface area (Å²) >= 11 is 0. The molecule has 2 heterocycles. The molecule has 0 atom stereocenters. The molecule has 0 aromatic carbocycles. The second-order valence-electron chi connectivity index (χ2n) is 3.39. The van der Waals surface area contributed by atoms with E-state index in [0.29, 0.717) is 11.6 Å². The largest absolute Gasteiger partial charge is 0.200 e. The zero-order chi connectivity index (χ0) is 9.42. The number of aromatic nitrogens is 5. The highest BCUT2D eigenvalue weighted by atomic mass is 15.6. The molecule has 0 bridgehead atoms. The van der Waals surface area contributed by atoms with Gasteiger partial charge in [0.25, 0.3) is 0 Å². The molecular weight excluding hydrogens is 166 g/mol. The van der Waals surface area contributed by atoms with Crippen molar-refractivity contribution in [3.8, 4) is 0 Å². The number of rotatable bonds is 1. The summed E-state index contributed by atoms with van der Waals surface area (Å²) in [6, 6.07) is 1.95. The predicted octanol–water partition coefficient (Wildman–Crippen LogP) is 0.951. The third kappa shape index (κ3) is 1.26. The van der Waals surface area contributed by atoms with Gasteiger partial charge in [-0.1, -0.05) is 13.8 Å². The second-order valence-corrected chi connectivity index (χ2v) is 3.39. The zero-order valence-corrected chi connectivity index (χ0v) is 7.89. The first kappa shape index (κ1) is 8.10. The molecule has 0 N–H and O–H groups in total. The molecule has 0 aliphatic heterocycles. The van der Waals surface area contributed by atoms with Crippen LogP contribution in [0.5, 0.6) is 0 Å². The summed E-state index contributed by atoms with van der Waals surface area (Å²) in [4.78, 5) is 0. The Balaban J connectivity index is 2.69. The van der Waals surface area contributed by atoms with Gasteiger partial charge in [-0.25, -0.2) is 0 Å². The Kier molecular flexibility index (Phi) is 1.72. The van der Waals surface area contributed by atoms with Crippen molar-refractivity contribution in [3.63, 3.8) is 0 Å². The minimum absolute atomic E-state index is 0.397. The van der Waals surface area contributed by atoms with E-state index in [1.807, 2.05) is 13.0 Å². The fourth-order valence-corrected chi connectivity index (χ4v) is 1.37. The van der Waals surface area contributed by atoms with Crippen LogP contribution in [0.2, 0.25) is 0 Å². The molecule has 0 aliphatic rings. The number of fused-ring (bicyclic) bond motifs is 1. The fraction of sp³-hybridized carbons (Fsp3) is 0.500. The van der Waals surface area contributed by atoms with Crippen molar-refractivity contribution in [2.75, 3.05) is 0 Å². The third-order valence-electron chi connectivity index (χ3n) is 1.98. The lowest BCUT2D eigenvalue weighted by Crippen LogP contribution is -2.03. The molecule has 0 radical (unpaired) electrons. The van der Waals surface area contributed by atoms with Gasteiger partial charge in [0.2, 0.25) is 0 Å². The van der Waals surface area contributed by atoms with Crippen LogP contribution in [0.25, 0.3) is 5.65 Å². The van der Waals surface area contributed by atoms with Crippen LogP contribution in [0, 0.1) is 6.92 Å². The summed E-state index contributed by atoms with van der Waals surface area (Å²) in [6.07, 6.45) is 0. The molecule has 0 saturated heterocycles. The molecule has 0 aliphatic carbocycles. The van der Waals surface area contributed by atoms with Crippen LogP contribution in [0.3, 0.4) is 0 Å². The van der Waals surface area contributed by atoms with Gasteiger partial charge in [0.1, 0.15) is 0 Å². The molecule has 5 nitrogen and oxygen atoms in total. The Morgan fingerprint density at radius 3 is 2.85 bits per heavy atom. The van der Waals surface area contributed by atoms with E-state index in [2.05, 4.69) is 34.5 Å². The number of hydrogen-bond acceptors (Lipinski definition) is 4. The summed E-state index contributed by atoms with van der Waals surface area (Å²) in [5.74, 6) is 0.397. The summed E-state index contributed by atoms with van der Waals surface area (Å²) in [5.41, 5.74) is 2.87. The van der Waals surface area contributed by atoms with Gasteiger partial charge in [0.15, 0.2) is 5.65 Å². The molecule has 2 aromatic rings. The third-order valence-corrected chi connectivity index (χ3v) is 1.98. The average Bonchev–Trinajstić information content (AvgIpc) is 2.48. The van der Waals surface area contributed by atoms with Crippen LogP contribution >= 0.6 is 0 Å². The van der Waals surface area contributed by atoms with E-state index in [1.165, 1.54) is 4.63 Å². The molecule has 0 amide bonds. The Labute approximate surface area is 75.8 Å². The second kappa shape index (κ2) is 2.76. The first-order valence-corrected chi connectivity index (χ1v) is 4.24. The average molecular weight is 177 g/mol. The maximum absolute atomic E-state index is 4.31. The fourth-order valence-electron chi connectivity index (χ4n) is 1.37. The van der Waals surface area contributed by atoms with Crippen molar-refractivity contribution in [2.24, 2.45) is 0 Å². The van der Waals surface area contributed by atoms with Crippen molar-refractivity contribution in [1.82, 2.24) is 25.3 Å². The Morgan fingerprint density at radius 2 is 2.15 bits per heavy atom. The van der Waals surface area contributed by atoms with Crippen molar-refractivity contribution >= 4 is 5.65 Å². The minimum Gasteiger partial charge on any atom is -0.151 e. The van der Waals surface area contributed by atoms with Gasteiger partial charge in [-0.2, -0.15) is 5.10 Å². The van der Waals surface area contributed by atoms with Gasteiger partial charge in [-0.15, -0.1) is 9.73 Å². The molecule has 2 rings (SSSR count). The molecule has 0 saturated carbocycles. The highest BCUT2D eigenvalue weighted by Gasteiger charge is 2.08. The molecule has 0 unspecified atom stereocenters. The van der Waals surface area contributed by atoms with E-state index >= 15 is 0 Å². The van der Waals surface area contributed by atoms with Crippen molar-refractivity contribution in [1.29, 1.82) is 0 Å². The summed E-state index contributed by atoms with van der Waals surface area (Å²) in [6.45, 7) is 6.23. The summed E-state index contributed by atoms with van der Waals surface area (Å²) < 4.78 is 1.46. The first-order chi connectivity index (χ1) is 6.18. The van der Waals surface area contributed by atoms with E-state index in [9.17, 15) is 0 Å². The molecule has 13 heavy (non-hydrogen) atoms. The topological polar surface area (TPSA) is 56.0 Å². The van der Waals surface area contributed by atoms with E-state index in [1.54, 1.807) is 0 Å². The maximum Gasteiger partial charge on any atom is 0.200 e. The Morgan fingerprint density at radius 1 is 1.38 bits per heavy atom. The van der Waals surface area contributed by atoms with E-state index in [4.69, 9.17) is 0 Å². The van der Waals surface area contributed by atoms with E-state index < -0.39 is 0 Å². The van der Waals surface area contributed by atoms with Gasteiger partial charge in [-0.3, -0.25) is 0 Å². The van der Waals surface area contributed by atoms with Crippen LogP contribution in [0.4, 0.5) is 0 Å². The van der Waals surface area contributed by atoms with E-state index in [-0.39, 0.29) is 0 Å². The normalized spacial score (nSPS) is 11.4. The maximum atomic E-state index is 4.31. The van der Waals surface area contributed by atoms with E-state index in [0.717, 1.165) is 11.3 Å². The van der Waals surface area contributed by atoms with Gasteiger partial charge >= 0.3 is 0 Å². The van der Waals surface area contributed by atoms with Crippen LogP contribution in [0.1, 0.15) is 31.0 Å². The number of hydrogen-bond donors (Lipinski definition) is 0. The molecule has 0 fully saturated rings. The summed E-state index contributed by atoms with van der Waals surface area (Å²) in [7, 11) is 0. The SMILES string of the molecule is Cc1cc2nnnn2nc1C(C)C. The minimum atomic E-state index is 0.397. The molecule has 68 valence electrons.